The average Bonchev–Trinajstić information content (AvgIpc) is 2.43. The molecule has 1 atom stereocenters. The number of hydrogen-bond acceptors (Lipinski definition) is 3. The predicted molar refractivity (Wildman–Crippen MR) is 75.0 cm³/mol. The van der Waals surface area contributed by atoms with Crippen molar-refractivity contribution >= 4 is 11.6 Å². The van der Waals surface area contributed by atoms with Crippen molar-refractivity contribution in [2.45, 2.75) is 19.4 Å². The molecule has 106 valence electrons. The van der Waals surface area contributed by atoms with Crippen LogP contribution in [0.25, 0.3) is 0 Å². The number of aliphatic hydroxyl groups excluding tert-OH is 1. The lowest BCUT2D eigenvalue weighted by Gasteiger charge is -2.35. The Bertz CT molecular complexity index is 436. The fourth-order valence-electron chi connectivity index (χ4n) is 2.61. The third-order valence-electron chi connectivity index (χ3n) is 3.65. The Morgan fingerprint density at radius 2 is 2.11 bits per heavy atom. The van der Waals surface area contributed by atoms with Gasteiger partial charge in [-0.3, -0.25) is 4.90 Å². The van der Waals surface area contributed by atoms with Gasteiger partial charge in [0.25, 0.3) is 0 Å². The van der Waals surface area contributed by atoms with Gasteiger partial charge in [-0.1, -0.05) is 17.7 Å². The first kappa shape index (κ1) is 14.7. The molecule has 0 bridgehead atoms. The molecule has 2 rings (SSSR count). The maximum absolute atomic E-state index is 14.2. The van der Waals surface area contributed by atoms with Crippen LogP contribution < -0.4 is 5.32 Å². The molecular weight excluding hydrogens is 267 g/mol. The van der Waals surface area contributed by atoms with Gasteiger partial charge < -0.3 is 10.4 Å². The minimum absolute atomic E-state index is 0.0261. The summed E-state index contributed by atoms with van der Waals surface area (Å²) < 4.78 is 14.2. The van der Waals surface area contributed by atoms with E-state index in [1.165, 1.54) is 6.07 Å². The Hall–Kier alpha value is -0.680. The van der Waals surface area contributed by atoms with Gasteiger partial charge in [0.15, 0.2) is 0 Å². The van der Waals surface area contributed by atoms with E-state index >= 15 is 0 Å². The van der Waals surface area contributed by atoms with Crippen LogP contribution in [0.3, 0.4) is 0 Å². The van der Waals surface area contributed by atoms with Gasteiger partial charge in [-0.15, -0.1) is 0 Å². The molecule has 1 aliphatic rings. The van der Waals surface area contributed by atoms with Crippen LogP contribution in [0, 0.1) is 12.7 Å². The van der Waals surface area contributed by atoms with Gasteiger partial charge in [-0.25, -0.2) is 4.39 Å². The van der Waals surface area contributed by atoms with Gasteiger partial charge in [0.2, 0.25) is 0 Å². The molecule has 1 aromatic rings. The molecular formula is C14H20ClFN2O. The minimum atomic E-state index is -0.285. The summed E-state index contributed by atoms with van der Waals surface area (Å²) in [6.07, 6.45) is 0.500. The maximum atomic E-state index is 14.2. The quantitative estimate of drug-likeness (QED) is 0.890. The van der Waals surface area contributed by atoms with E-state index in [0.29, 0.717) is 17.0 Å². The van der Waals surface area contributed by atoms with Crippen LogP contribution in [0.2, 0.25) is 5.02 Å². The van der Waals surface area contributed by atoms with Gasteiger partial charge >= 0.3 is 0 Å². The third-order valence-corrected chi connectivity index (χ3v) is 4.15. The van der Waals surface area contributed by atoms with Gasteiger partial charge in [0, 0.05) is 44.4 Å². The molecule has 1 saturated heterocycles. The van der Waals surface area contributed by atoms with Crippen LogP contribution in [-0.4, -0.2) is 42.8 Å². The zero-order valence-corrected chi connectivity index (χ0v) is 11.9. The van der Waals surface area contributed by atoms with Gasteiger partial charge in [0.1, 0.15) is 5.82 Å². The molecule has 0 aromatic heterocycles. The molecule has 0 aliphatic carbocycles. The number of benzene rings is 1. The van der Waals surface area contributed by atoms with E-state index in [-0.39, 0.29) is 18.5 Å². The highest BCUT2D eigenvalue weighted by molar-refractivity contribution is 6.32. The van der Waals surface area contributed by atoms with Crippen molar-refractivity contribution in [2.24, 2.45) is 0 Å². The molecule has 19 heavy (non-hydrogen) atoms. The highest BCUT2D eigenvalue weighted by Crippen LogP contribution is 2.34. The summed E-state index contributed by atoms with van der Waals surface area (Å²) >= 11 is 6.28. The second-order valence-electron chi connectivity index (χ2n) is 4.91. The smallest absolute Gasteiger partial charge is 0.129 e. The number of nitrogens with zero attached hydrogens (tertiary/aromatic N) is 1. The van der Waals surface area contributed by atoms with E-state index in [1.54, 1.807) is 6.07 Å². The van der Waals surface area contributed by atoms with E-state index in [1.807, 2.05) is 6.92 Å². The van der Waals surface area contributed by atoms with Crippen molar-refractivity contribution in [3.63, 3.8) is 0 Å². The number of hydrogen-bond donors (Lipinski definition) is 2. The third kappa shape index (κ3) is 3.26. The standard InChI is InChI=1S/C14H20ClFN2O/c1-10-2-3-11(16)13(14(10)15)12(4-9-19)18-7-5-17-6-8-18/h2-3,12,17,19H,4-9H2,1H3/t12-/m0/s1. The number of nitrogens with one attached hydrogen (secondary N) is 1. The Labute approximate surface area is 118 Å². The number of halogens is 2. The zero-order chi connectivity index (χ0) is 13.8. The summed E-state index contributed by atoms with van der Waals surface area (Å²) in [7, 11) is 0. The molecule has 1 fully saturated rings. The van der Waals surface area contributed by atoms with Crippen molar-refractivity contribution in [1.29, 1.82) is 0 Å². The molecule has 0 spiro atoms. The Morgan fingerprint density at radius 3 is 2.74 bits per heavy atom. The van der Waals surface area contributed by atoms with Crippen LogP contribution in [0.5, 0.6) is 0 Å². The minimum Gasteiger partial charge on any atom is -0.396 e. The monoisotopic (exact) mass is 286 g/mol. The summed E-state index contributed by atoms with van der Waals surface area (Å²) in [5.41, 5.74) is 1.40. The summed E-state index contributed by atoms with van der Waals surface area (Å²) in [5, 5.41) is 13.0. The van der Waals surface area contributed by atoms with Crippen LogP contribution >= 0.6 is 11.6 Å². The molecule has 5 heteroatoms. The summed E-state index contributed by atoms with van der Waals surface area (Å²) in [6, 6.07) is 3.00. The molecule has 2 N–H and O–H groups in total. The van der Waals surface area contributed by atoms with Gasteiger partial charge in [0.05, 0.1) is 5.02 Å². The Kier molecular flexibility index (Phi) is 5.16. The van der Waals surface area contributed by atoms with Crippen LogP contribution in [-0.2, 0) is 0 Å². The van der Waals surface area contributed by atoms with Crippen molar-refractivity contribution in [3.05, 3.63) is 34.1 Å². The average molecular weight is 287 g/mol. The Morgan fingerprint density at radius 1 is 1.42 bits per heavy atom. The fourth-order valence-corrected chi connectivity index (χ4v) is 2.89. The number of piperazine rings is 1. The van der Waals surface area contributed by atoms with Crippen molar-refractivity contribution in [1.82, 2.24) is 10.2 Å². The Balaban J connectivity index is 2.35. The van der Waals surface area contributed by atoms with E-state index in [2.05, 4.69) is 10.2 Å². The topological polar surface area (TPSA) is 35.5 Å². The first-order chi connectivity index (χ1) is 9.15. The molecule has 0 unspecified atom stereocenters. The highest BCUT2D eigenvalue weighted by atomic mass is 35.5. The van der Waals surface area contributed by atoms with Crippen LogP contribution in [0.15, 0.2) is 12.1 Å². The molecule has 0 saturated carbocycles. The predicted octanol–water partition coefficient (Wildman–Crippen LogP) is 2.12. The number of rotatable bonds is 4. The lowest BCUT2D eigenvalue weighted by Crippen LogP contribution is -2.45. The lowest BCUT2D eigenvalue weighted by molar-refractivity contribution is 0.138. The SMILES string of the molecule is Cc1ccc(F)c([C@H](CCO)N2CCNCC2)c1Cl. The summed E-state index contributed by atoms with van der Waals surface area (Å²) in [5.74, 6) is -0.285. The van der Waals surface area contributed by atoms with Crippen molar-refractivity contribution < 1.29 is 9.50 Å². The van der Waals surface area contributed by atoms with Crippen LogP contribution in [0.1, 0.15) is 23.6 Å². The highest BCUT2D eigenvalue weighted by Gasteiger charge is 2.26. The lowest BCUT2D eigenvalue weighted by atomic mass is 9.98. The molecule has 1 aromatic carbocycles. The summed E-state index contributed by atoms with van der Waals surface area (Å²) in [6.45, 7) is 5.35. The van der Waals surface area contributed by atoms with Crippen molar-refractivity contribution in [3.8, 4) is 0 Å². The number of aryl methyl sites for hydroxylation is 1. The van der Waals surface area contributed by atoms with Crippen molar-refractivity contribution in [2.75, 3.05) is 32.8 Å². The summed E-state index contributed by atoms with van der Waals surface area (Å²) in [4.78, 5) is 2.19. The van der Waals surface area contributed by atoms with Gasteiger partial charge in [-0.2, -0.15) is 0 Å². The van der Waals surface area contributed by atoms with E-state index in [4.69, 9.17) is 11.6 Å². The van der Waals surface area contributed by atoms with E-state index in [0.717, 1.165) is 31.7 Å². The number of aliphatic hydroxyl groups is 1. The second kappa shape index (κ2) is 6.66. The zero-order valence-electron chi connectivity index (χ0n) is 11.1. The molecule has 0 radical (unpaired) electrons. The molecule has 0 amide bonds. The van der Waals surface area contributed by atoms with E-state index in [9.17, 15) is 9.50 Å². The first-order valence-corrected chi connectivity index (χ1v) is 7.03. The maximum Gasteiger partial charge on any atom is 0.129 e. The normalized spacial score (nSPS) is 18.5. The van der Waals surface area contributed by atoms with Crippen LogP contribution in [0.4, 0.5) is 4.39 Å². The fraction of sp³-hybridized carbons (Fsp3) is 0.571. The van der Waals surface area contributed by atoms with E-state index < -0.39 is 0 Å². The first-order valence-electron chi connectivity index (χ1n) is 6.65. The van der Waals surface area contributed by atoms with Gasteiger partial charge in [-0.05, 0) is 25.0 Å². The molecule has 1 heterocycles. The molecule has 1 aliphatic heterocycles. The largest absolute Gasteiger partial charge is 0.396 e. The molecule has 3 nitrogen and oxygen atoms in total. The second-order valence-corrected chi connectivity index (χ2v) is 5.28.